The Morgan fingerprint density at radius 3 is 2.70 bits per heavy atom. The van der Waals surface area contributed by atoms with Crippen molar-refractivity contribution in [1.29, 1.82) is 0 Å². The van der Waals surface area contributed by atoms with Crippen LogP contribution in [0.3, 0.4) is 0 Å². The summed E-state index contributed by atoms with van der Waals surface area (Å²) >= 11 is 6.01. The summed E-state index contributed by atoms with van der Waals surface area (Å²) < 4.78 is 5.90. The van der Waals surface area contributed by atoms with Crippen molar-refractivity contribution in [2.45, 2.75) is 32.6 Å². The van der Waals surface area contributed by atoms with Gasteiger partial charge in [0.25, 0.3) is 0 Å². The van der Waals surface area contributed by atoms with Crippen molar-refractivity contribution in [3.8, 4) is 11.6 Å². The van der Waals surface area contributed by atoms with Gasteiger partial charge in [-0.25, -0.2) is 4.98 Å². The number of benzene rings is 1. The first-order valence-electron chi connectivity index (χ1n) is 6.62. The maximum absolute atomic E-state index is 6.01. The van der Waals surface area contributed by atoms with E-state index in [4.69, 9.17) is 22.1 Å². The normalized spacial score (nSPS) is 14.3. The number of aromatic nitrogens is 2. The van der Waals surface area contributed by atoms with Gasteiger partial charge in [-0.3, -0.25) is 0 Å². The van der Waals surface area contributed by atoms with Crippen molar-refractivity contribution in [1.82, 2.24) is 9.97 Å². The van der Waals surface area contributed by atoms with Crippen LogP contribution in [0.2, 0.25) is 5.02 Å². The number of aryl methyl sites for hydroxylation is 1. The van der Waals surface area contributed by atoms with Gasteiger partial charge in [0.2, 0.25) is 5.88 Å². The summed E-state index contributed by atoms with van der Waals surface area (Å²) in [4.78, 5) is 8.84. The van der Waals surface area contributed by atoms with E-state index >= 15 is 0 Å². The highest BCUT2D eigenvalue weighted by Crippen LogP contribution is 2.40. The molecule has 0 bridgehead atoms. The fourth-order valence-electron chi connectivity index (χ4n) is 1.94. The fourth-order valence-corrected chi connectivity index (χ4v) is 2.10. The molecule has 1 aliphatic rings. The number of ether oxygens (including phenoxy) is 1. The lowest BCUT2D eigenvalue weighted by Crippen LogP contribution is -2.04. The van der Waals surface area contributed by atoms with E-state index in [1.165, 1.54) is 0 Å². The van der Waals surface area contributed by atoms with Crippen LogP contribution < -0.4 is 10.5 Å². The lowest BCUT2D eigenvalue weighted by molar-refractivity contribution is 0.451. The van der Waals surface area contributed by atoms with Crippen LogP contribution in [-0.2, 0) is 0 Å². The number of nitrogen functional groups attached to an aromatic ring is 1. The summed E-state index contributed by atoms with van der Waals surface area (Å²) in [5.74, 6) is 2.91. The molecule has 1 saturated carbocycles. The minimum Gasteiger partial charge on any atom is -0.438 e. The van der Waals surface area contributed by atoms with Gasteiger partial charge in [0, 0.05) is 10.9 Å². The predicted molar refractivity (Wildman–Crippen MR) is 79.4 cm³/mol. The number of halogens is 1. The van der Waals surface area contributed by atoms with Crippen LogP contribution >= 0.6 is 11.6 Å². The number of hydrogen-bond acceptors (Lipinski definition) is 4. The Kier molecular flexibility index (Phi) is 3.26. The zero-order chi connectivity index (χ0) is 14.3. The fraction of sp³-hybridized carbons (Fsp3) is 0.333. The van der Waals surface area contributed by atoms with Crippen LogP contribution in [0.25, 0.3) is 0 Å². The molecule has 0 atom stereocenters. The highest BCUT2D eigenvalue weighted by Gasteiger charge is 2.28. The lowest BCUT2D eigenvalue weighted by atomic mass is 10.2. The SMILES string of the molecule is Cc1ccc(Cl)cc1Oc1nc(C2CC2)nc(N)c1C. The third-order valence-corrected chi connectivity index (χ3v) is 3.69. The highest BCUT2D eigenvalue weighted by molar-refractivity contribution is 6.30. The molecule has 104 valence electrons. The largest absolute Gasteiger partial charge is 0.438 e. The molecule has 5 heteroatoms. The number of anilines is 1. The van der Waals surface area contributed by atoms with Crippen LogP contribution in [0.15, 0.2) is 18.2 Å². The van der Waals surface area contributed by atoms with E-state index in [1.807, 2.05) is 26.0 Å². The van der Waals surface area contributed by atoms with Gasteiger partial charge in [-0.1, -0.05) is 17.7 Å². The Bertz CT molecular complexity index is 668. The number of nitrogens with zero attached hydrogens (tertiary/aromatic N) is 2. The average Bonchev–Trinajstić information content (AvgIpc) is 3.23. The van der Waals surface area contributed by atoms with Crippen molar-refractivity contribution in [3.63, 3.8) is 0 Å². The van der Waals surface area contributed by atoms with E-state index in [0.717, 1.165) is 29.8 Å². The molecule has 3 rings (SSSR count). The molecule has 1 heterocycles. The predicted octanol–water partition coefficient (Wildman–Crippen LogP) is 4.00. The zero-order valence-electron chi connectivity index (χ0n) is 11.5. The quantitative estimate of drug-likeness (QED) is 0.928. The van der Waals surface area contributed by atoms with Crippen LogP contribution in [0, 0.1) is 13.8 Å². The van der Waals surface area contributed by atoms with Crippen LogP contribution in [0.4, 0.5) is 5.82 Å². The maximum Gasteiger partial charge on any atom is 0.227 e. The molecule has 0 saturated heterocycles. The van der Waals surface area contributed by atoms with Gasteiger partial charge < -0.3 is 10.5 Å². The van der Waals surface area contributed by atoms with Crippen molar-refractivity contribution in [2.24, 2.45) is 0 Å². The molecule has 0 radical (unpaired) electrons. The average molecular weight is 290 g/mol. The molecular formula is C15H16ClN3O. The Morgan fingerprint density at radius 1 is 1.25 bits per heavy atom. The van der Waals surface area contributed by atoms with Gasteiger partial charge >= 0.3 is 0 Å². The van der Waals surface area contributed by atoms with Gasteiger partial charge in [0.05, 0.1) is 5.56 Å². The minimum absolute atomic E-state index is 0.431. The van der Waals surface area contributed by atoms with Crippen LogP contribution in [0.5, 0.6) is 11.6 Å². The van der Waals surface area contributed by atoms with Crippen LogP contribution in [-0.4, -0.2) is 9.97 Å². The number of hydrogen-bond donors (Lipinski definition) is 1. The van der Waals surface area contributed by atoms with Gasteiger partial charge in [0.1, 0.15) is 17.4 Å². The second-order valence-electron chi connectivity index (χ2n) is 5.18. The first-order chi connectivity index (χ1) is 9.54. The Hall–Kier alpha value is -1.81. The number of nitrogens with two attached hydrogens (primary N) is 1. The van der Waals surface area contributed by atoms with E-state index in [0.29, 0.717) is 28.4 Å². The van der Waals surface area contributed by atoms with E-state index in [9.17, 15) is 0 Å². The minimum atomic E-state index is 0.431. The van der Waals surface area contributed by atoms with Gasteiger partial charge in [-0.15, -0.1) is 0 Å². The monoisotopic (exact) mass is 289 g/mol. The van der Waals surface area contributed by atoms with Gasteiger partial charge in [-0.05, 0) is 44.4 Å². The van der Waals surface area contributed by atoms with Gasteiger partial charge in [-0.2, -0.15) is 4.98 Å². The maximum atomic E-state index is 6.01. The summed E-state index contributed by atoms with van der Waals surface area (Å²) in [6.45, 7) is 3.83. The molecule has 1 fully saturated rings. The molecule has 0 amide bonds. The smallest absolute Gasteiger partial charge is 0.227 e. The Morgan fingerprint density at radius 2 is 2.00 bits per heavy atom. The Balaban J connectivity index is 1.99. The molecule has 1 aromatic heterocycles. The van der Waals surface area contributed by atoms with E-state index in [-0.39, 0.29) is 0 Å². The van der Waals surface area contributed by atoms with Gasteiger partial charge in [0.15, 0.2) is 0 Å². The third-order valence-electron chi connectivity index (χ3n) is 3.46. The highest BCUT2D eigenvalue weighted by atomic mass is 35.5. The Labute approximate surface area is 123 Å². The van der Waals surface area contributed by atoms with Crippen molar-refractivity contribution in [3.05, 3.63) is 40.2 Å². The van der Waals surface area contributed by atoms with E-state index in [1.54, 1.807) is 6.07 Å². The summed E-state index contributed by atoms with van der Waals surface area (Å²) in [5.41, 5.74) is 7.71. The summed E-state index contributed by atoms with van der Waals surface area (Å²) in [5, 5.41) is 0.632. The molecule has 0 spiro atoms. The van der Waals surface area contributed by atoms with E-state index < -0.39 is 0 Å². The zero-order valence-corrected chi connectivity index (χ0v) is 12.2. The summed E-state index contributed by atoms with van der Waals surface area (Å²) in [6.07, 6.45) is 2.25. The molecule has 20 heavy (non-hydrogen) atoms. The van der Waals surface area contributed by atoms with E-state index in [2.05, 4.69) is 9.97 Å². The standard InChI is InChI=1S/C15H16ClN3O/c1-8-3-6-11(16)7-12(8)20-15-9(2)13(17)18-14(19-15)10-4-5-10/h3,6-7,10H,4-5H2,1-2H3,(H2,17,18,19). The first kappa shape index (κ1) is 13.2. The molecule has 4 nitrogen and oxygen atoms in total. The van der Waals surface area contributed by atoms with Crippen molar-refractivity contribution < 1.29 is 4.74 Å². The molecule has 0 aliphatic heterocycles. The van der Waals surface area contributed by atoms with Crippen molar-refractivity contribution in [2.75, 3.05) is 5.73 Å². The molecule has 2 aromatic rings. The summed E-state index contributed by atoms with van der Waals surface area (Å²) in [6, 6.07) is 5.53. The molecule has 1 aromatic carbocycles. The third kappa shape index (κ3) is 2.56. The van der Waals surface area contributed by atoms with Crippen molar-refractivity contribution >= 4 is 17.4 Å². The second kappa shape index (κ2) is 4.94. The molecule has 0 unspecified atom stereocenters. The number of rotatable bonds is 3. The summed E-state index contributed by atoms with van der Waals surface area (Å²) in [7, 11) is 0. The molecule has 1 aliphatic carbocycles. The topological polar surface area (TPSA) is 61.0 Å². The van der Waals surface area contributed by atoms with Crippen LogP contribution in [0.1, 0.15) is 35.7 Å². The lowest BCUT2D eigenvalue weighted by Gasteiger charge is -2.12. The second-order valence-corrected chi connectivity index (χ2v) is 5.62. The molecule has 2 N–H and O–H groups in total. The first-order valence-corrected chi connectivity index (χ1v) is 7.00. The molecular weight excluding hydrogens is 274 g/mol.